The summed E-state index contributed by atoms with van der Waals surface area (Å²) in [6.45, 7) is 15.3. The molecule has 1 aliphatic heterocycles. The molecule has 1 aliphatic carbocycles. The maximum Gasteiger partial charge on any atom is 0.328 e. The molecular weight excluding hydrogens is 386 g/mol. The summed E-state index contributed by atoms with van der Waals surface area (Å²) in [5.41, 5.74) is -0.568. The van der Waals surface area contributed by atoms with E-state index in [1.165, 1.54) is 14.0 Å². The number of amides is 3. The van der Waals surface area contributed by atoms with Gasteiger partial charge in [0.1, 0.15) is 18.1 Å². The zero-order valence-corrected chi connectivity index (χ0v) is 19.7. The Kier molecular flexibility index (Phi) is 6.60. The predicted molar refractivity (Wildman–Crippen MR) is 112 cm³/mol. The highest BCUT2D eigenvalue weighted by atomic mass is 16.5. The molecule has 3 amide bonds. The Bertz CT molecular complexity index is 725. The molecule has 0 spiro atoms. The Morgan fingerprint density at radius 1 is 1.10 bits per heavy atom. The molecule has 0 bridgehead atoms. The maximum atomic E-state index is 13.5. The van der Waals surface area contributed by atoms with Crippen LogP contribution in [0.25, 0.3) is 0 Å². The third kappa shape index (κ3) is 4.47. The number of rotatable bonds is 6. The third-order valence-corrected chi connectivity index (χ3v) is 6.64. The topological polar surface area (TPSA) is 105 Å². The highest BCUT2D eigenvalue weighted by Crippen LogP contribution is 2.65. The number of piperidine rings is 1. The number of carbonyl (C=O) groups excluding carboxylic acids is 4. The van der Waals surface area contributed by atoms with Crippen LogP contribution in [0.15, 0.2) is 0 Å². The zero-order chi connectivity index (χ0) is 23.2. The molecule has 0 aromatic rings. The summed E-state index contributed by atoms with van der Waals surface area (Å²) in [5, 5.41) is 5.57. The van der Waals surface area contributed by atoms with Gasteiger partial charge in [0.05, 0.1) is 7.11 Å². The number of carbonyl (C=O) groups is 4. The number of ether oxygens (including phenoxy) is 1. The van der Waals surface area contributed by atoms with Gasteiger partial charge in [-0.15, -0.1) is 0 Å². The van der Waals surface area contributed by atoms with E-state index in [0.29, 0.717) is 6.54 Å². The van der Waals surface area contributed by atoms with Crippen LogP contribution in [0.5, 0.6) is 0 Å². The van der Waals surface area contributed by atoms with Crippen molar-refractivity contribution < 1.29 is 23.9 Å². The summed E-state index contributed by atoms with van der Waals surface area (Å²) in [7, 11) is 1.29. The number of fused-ring (bicyclic) bond motifs is 1. The second-order valence-corrected chi connectivity index (χ2v) is 10.6. The Morgan fingerprint density at radius 2 is 1.67 bits per heavy atom. The van der Waals surface area contributed by atoms with E-state index in [4.69, 9.17) is 4.74 Å². The normalized spacial score (nSPS) is 26.5. The summed E-state index contributed by atoms with van der Waals surface area (Å²) in [6.07, 6.45) is 0. The number of nitrogens with zero attached hydrogens (tertiary/aromatic N) is 1. The Hall–Kier alpha value is -2.12. The lowest BCUT2D eigenvalue weighted by Crippen LogP contribution is -2.60. The van der Waals surface area contributed by atoms with Crippen molar-refractivity contribution >= 4 is 23.7 Å². The van der Waals surface area contributed by atoms with Crippen LogP contribution < -0.4 is 10.6 Å². The zero-order valence-electron chi connectivity index (χ0n) is 19.7. The van der Waals surface area contributed by atoms with Gasteiger partial charge < -0.3 is 20.3 Å². The Labute approximate surface area is 179 Å². The molecule has 170 valence electrons. The molecule has 5 atom stereocenters. The molecule has 2 aliphatic rings. The van der Waals surface area contributed by atoms with Gasteiger partial charge in [-0.25, -0.2) is 4.79 Å². The van der Waals surface area contributed by atoms with Crippen LogP contribution in [0.1, 0.15) is 55.4 Å². The molecule has 1 heterocycles. The number of nitrogens with one attached hydrogen (secondary N) is 2. The molecule has 8 heteroatoms. The molecule has 1 unspecified atom stereocenters. The summed E-state index contributed by atoms with van der Waals surface area (Å²) < 4.78 is 4.83. The monoisotopic (exact) mass is 423 g/mol. The average molecular weight is 424 g/mol. The molecule has 0 aromatic carbocycles. The standard InChI is InChI=1S/C22H37N3O5/c1-11(2)15(20(29)30-9)24-18(27)16-14-13(22(14,7)8)10-25(16)19(28)17(21(4,5)6)23-12(3)26/h11,13-17H,10H2,1-9H3,(H,23,26)(H,24,27)/t13-,14-,15-,16?,17+/m0/s1. The molecule has 2 rings (SSSR count). The van der Waals surface area contributed by atoms with E-state index in [0.717, 1.165) is 0 Å². The molecule has 2 fully saturated rings. The Balaban J connectivity index is 2.32. The minimum absolute atomic E-state index is 0.0184. The van der Waals surface area contributed by atoms with E-state index in [9.17, 15) is 19.2 Å². The highest BCUT2D eigenvalue weighted by Gasteiger charge is 2.69. The van der Waals surface area contributed by atoms with Crippen molar-refractivity contribution in [1.82, 2.24) is 15.5 Å². The molecule has 30 heavy (non-hydrogen) atoms. The van der Waals surface area contributed by atoms with E-state index in [1.54, 1.807) is 4.90 Å². The van der Waals surface area contributed by atoms with Gasteiger partial charge >= 0.3 is 5.97 Å². The van der Waals surface area contributed by atoms with E-state index in [1.807, 2.05) is 34.6 Å². The fraction of sp³-hybridized carbons (Fsp3) is 0.818. The van der Waals surface area contributed by atoms with Gasteiger partial charge in [0.25, 0.3) is 0 Å². The van der Waals surface area contributed by atoms with E-state index in [-0.39, 0.29) is 40.9 Å². The maximum absolute atomic E-state index is 13.5. The summed E-state index contributed by atoms with van der Waals surface area (Å²) in [6, 6.07) is -2.21. The van der Waals surface area contributed by atoms with Crippen LogP contribution in [0.3, 0.4) is 0 Å². The summed E-state index contributed by atoms with van der Waals surface area (Å²) in [4.78, 5) is 52.2. The van der Waals surface area contributed by atoms with Crippen molar-refractivity contribution in [2.45, 2.75) is 73.5 Å². The quantitative estimate of drug-likeness (QED) is 0.627. The van der Waals surface area contributed by atoms with Crippen molar-refractivity contribution in [3.8, 4) is 0 Å². The highest BCUT2D eigenvalue weighted by molar-refractivity contribution is 5.95. The fourth-order valence-corrected chi connectivity index (χ4v) is 4.69. The molecule has 1 saturated carbocycles. The lowest BCUT2D eigenvalue weighted by molar-refractivity contribution is -0.149. The number of esters is 1. The first kappa shape index (κ1) is 24.2. The van der Waals surface area contributed by atoms with Gasteiger partial charge in [-0.2, -0.15) is 0 Å². The minimum atomic E-state index is -0.783. The van der Waals surface area contributed by atoms with Gasteiger partial charge in [0, 0.05) is 13.5 Å². The first-order valence-corrected chi connectivity index (χ1v) is 10.6. The third-order valence-electron chi connectivity index (χ3n) is 6.64. The number of methoxy groups -OCH3 is 1. The smallest absolute Gasteiger partial charge is 0.328 e. The van der Waals surface area contributed by atoms with Crippen LogP contribution in [0.4, 0.5) is 0 Å². The van der Waals surface area contributed by atoms with Crippen molar-refractivity contribution in [2.24, 2.45) is 28.6 Å². The van der Waals surface area contributed by atoms with Gasteiger partial charge in [-0.05, 0) is 28.6 Å². The number of hydrogen-bond acceptors (Lipinski definition) is 5. The van der Waals surface area contributed by atoms with Gasteiger partial charge in [0.2, 0.25) is 17.7 Å². The van der Waals surface area contributed by atoms with Crippen molar-refractivity contribution in [3.05, 3.63) is 0 Å². The molecular formula is C22H37N3O5. The van der Waals surface area contributed by atoms with Gasteiger partial charge in [-0.3, -0.25) is 14.4 Å². The lowest BCUT2D eigenvalue weighted by Gasteiger charge is -2.37. The first-order chi connectivity index (χ1) is 13.6. The fourth-order valence-electron chi connectivity index (χ4n) is 4.69. The van der Waals surface area contributed by atoms with E-state index < -0.39 is 29.5 Å². The predicted octanol–water partition coefficient (Wildman–Crippen LogP) is 1.33. The van der Waals surface area contributed by atoms with Gasteiger partial charge in [0.15, 0.2) is 0 Å². The Morgan fingerprint density at radius 3 is 2.10 bits per heavy atom. The molecule has 0 radical (unpaired) electrons. The molecule has 1 saturated heterocycles. The SMILES string of the molecule is COC(=O)[C@@H](NC(=O)C1[C@@H]2[C@H](CN1C(=O)[C@@H](NC(C)=O)C(C)(C)C)C2(C)C)C(C)C. The van der Waals surface area contributed by atoms with E-state index >= 15 is 0 Å². The van der Waals surface area contributed by atoms with Crippen LogP contribution in [-0.2, 0) is 23.9 Å². The summed E-state index contributed by atoms with van der Waals surface area (Å²) >= 11 is 0. The van der Waals surface area contributed by atoms with Crippen LogP contribution in [0.2, 0.25) is 0 Å². The van der Waals surface area contributed by atoms with Crippen LogP contribution in [0, 0.1) is 28.6 Å². The lowest BCUT2D eigenvalue weighted by atomic mass is 9.85. The molecule has 8 nitrogen and oxygen atoms in total. The van der Waals surface area contributed by atoms with Crippen molar-refractivity contribution in [3.63, 3.8) is 0 Å². The molecule has 0 aromatic heterocycles. The minimum Gasteiger partial charge on any atom is -0.467 e. The van der Waals surface area contributed by atoms with Crippen LogP contribution in [-0.4, -0.2) is 60.4 Å². The second kappa shape index (κ2) is 8.19. The first-order valence-electron chi connectivity index (χ1n) is 10.6. The average Bonchev–Trinajstić information content (AvgIpc) is 2.96. The number of hydrogen-bond donors (Lipinski definition) is 2. The second-order valence-electron chi connectivity index (χ2n) is 10.6. The van der Waals surface area contributed by atoms with Crippen molar-refractivity contribution in [1.29, 1.82) is 0 Å². The van der Waals surface area contributed by atoms with Gasteiger partial charge in [-0.1, -0.05) is 48.5 Å². The van der Waals surface area contributed by atoms with Crippen molar-refractivity contribution in [2.75, 3.05) is 13.7 Å². The number of likely N-dealkylation sites (tertiary alicyclic amines) is 1. The largest absolute Gasteiger partial charge is 0.467 e. The molecule has 2 N–H and O–H groups in total. The summed E-state index contributed by atoms with van der Waals surface area (Å²) in [5.74, 6) is -1.33. The van der Waals surface area contributed by atoms with Crippen LogP contribution >= 0.6 is 0 Å². The van der Waals surface area contributed by atoms with E-state index in [2.05, 4.69) is 24.5 Å².